The second-order valence-corrected chi connectivity index (χ2v) is 3.74. The van der Waals surface area contributed by atoms with E-state index in [1.165, 1.54) is 16.9 Å². The fraction of sp³-hybridized carbons (Fsp3) is 0.167. The number of rotatable bonds is 2. The molecule has 2 aromatic rings. The van der Waals surface area contributed by atoms with E-state index in [1.807, 2.05) is 0 Å². The van der Waals surface area contributed by atoms with Crippen molar-refractivity contribution >= 4 is 5.97 Å². The van der Waals surface area contributed by atoms with E-state index in [9.17, 15) is 9.59 Å². The normalized spacial score (nSPS) is 10.5. The zero-order valence-electron chi connectivity index (χ0n) is 9.43. The van der Waals surface area contributed by atoms with E-state index in [1.54, 1.807) is 26.1 Å². The van der Waals surface area contributed by atoms with Crippen molar-refractivity contribution in [2.45, 2.75) is 6.92 Å². The highest BCUT2D eigenvalue weighted by Gasteiger charge is 2.14. The van der Waals surface area contributed by atoms with Gasteiger partial charge in [0.1, 0.15) is 0 Å². The topological polar surface area (TPSA) is 72.4 Å². The molecule has 5 nitrogen and oxygen atoms in total. The first-order chi connectivity index (χ1) is 8.00. The summed E-state index contributed by atoms with van der Waals surface area (Å²) >= 11 is 0. The van der Waals surface area contributed by atoms with Crippen LogP contribution in [0.4, 0.5) is 0 Å². The summed E-state index contributed by atoms with van der Waals surface area (Å²) in [5, 5.41) is 8.91. The summed E-state index contributed by atoms with van der Waals surface area (Å²) in [4.78, 5) is 22.2. The van der Waals surface area contributed by atoms with Gasteiger partial charge in [-0.3, -0.25) is 0 Å². The van der Waals surface area contributed by atoms with Crippen molar-refractivity contribution in [3.8, 4) is 11.3 Å². The Labute approximate surface area is 96.9 Å². The molecule has 1 aromatic heterocycles. The van der Waals surface area contributed by atoms with Crippen molar-refractivity contribution < 1.29 is 14.4 Å². The molecule has 0 aliphatic rings. The van der Waals surface area contributed by atoms with Crippen LogP contribution >= 0.6 is 0 Å². The Kier molecular flexibility index (Phi) is 2.59. The maximum atomic E-state index is 11.3. The number of hydrogen-bond donors (Lipinski definition) is 1. The third-order valence-corrected chi connectivity index (χ3v) is 2.58. The van der Waals surface area contributed by atoms with Gasteiger partial charge in [0.2, 0.25) is 0 Å². The standard InChI is InChI=1S/C12H11NO4/c1-7-10(13(2)17-12(7)16)8-4-3-5-9(6-8)11(14)15/h3-6H,1-2H3,(H,14,15). The van der Waals surface area contributed by atoms with Crippen LogP contribution < -0.4 is 5.63 Å². The second-order valence-electron chi connectivity index (χ2n) is 3.74. The predicted octanol–water partition coefficient (Wildman–Crippen LogP) is 1.65. The molecule has 0 aliphatic carbocycles. The van der Waals surface area contributed by atoms with Crippen molar-refractivity contribution in [1.29, 1.82) is 0 Å². The zero-order valence-corrected chi connectivity index (χ0v) is 9.43. The highest BCUT2D eigenvalue weighted by Crippen LogP contribution is 2.22. The van der Waals surface area contributed by atoms with Crippen LogP contribution in [0.3, 0.4) is 0 Å². The Morgan fingerprint density at radius 3 is 2.65 bits per heavy atom. The van der Waals surface area contributed by atoms with Crippen LogP contribution in [0.2, 0.25) is 0 Å². The molecule has 17 heavy (non-hydrogen) atoms. The molecule has 5 heteroatoms. The number of carbonyl (C=O) groups is 1. The molecule has 0 spiro atoms. The molecule has 0 unspecified atom stereocenters. The summed E-state index contributed by atoms with van der Waals surface area (Å²) in [6.07, 6.45) is 0. The molecule has 2 rings (SSSR count). The van der Waals surface area contributed by atoms with Crippen molar-refractivity contribution in [1.82, 2.24) is 4.74 Å². The van der Waals surface area contributed by atoms with E-state index in [0.29, 0.717) is 16.8 Å². The van der Waals surface area contributed by atoms with E-state index >= 15 is 0 Å². The van der Waals surface area contributed by atoms with Gasteiger partial charge >= 0.3 is 11.6 Å². The number of carboxylic acids is 1. The molecule has 88 valence electrons. The summed E-state index contributed by atoms with van der Waals surface area (Å²) < 4.78 is 6.26. The van der Waals surface area contributed by atoms with Crippen LogP contribution in [0, 0.1) is 6.92 Å². The van der Waals surface area contributed by atoms with Gasteiger partial charge < -0.3 is 9.63 Å². The Morgan fingerprint density at radius 1 is 1.41 bits per heavy atom. The van der Waals surface area contributed by atoms with E-state index in [2.05, 4.69) is 0 Å². The number of aryl methyl sites for hydroxylation is 1. The van der Waals surface area contributed by atoms with E-state index in [4.69, 9.17) is 9.63 Å². The molecule has 0 fully saturated rings. The summed E-state index contributed by atoms with van der Waals surface area (Å²) in [7, 11) is 1.61. The van der Waals surface area contributed by atoms with Crippen molar-refractivity contribution in [2.24, 2.45) is 7.05 Å². The van der Waals surface area contributed by atoms with Crippen molar-refractivity contribution in [2.75, 3.05) is 0 Å². The lowest BCUT2D eigenvalue weighted by Crippen LogP contribution is -1.98. The summed E-state index contributed by atoms with van der Waals surface area (Å²) in [6.45, 7) is 1.65. The minimum atomic E-state index is -1.00. The van der Waals surface area contributed by atoms with Crippen LogP contribution in [-0.4, -0.2) is 15.8 Å². The molecule has 0 radical (unpaired) electrons. The fourth-order valence-electron chi connectivity index (χ4n) is 1.77. The monoisotopic (exact) mass is 233 g/mol. The number of carboxylic acid groups (broad SMARTS) is 1. The highest BCUT2D eigenvalue weighted by molar-refractivity contribution is 5.89. The van der Waals surface area contributed by atoms with Gasteiger partial charge in [-0.25, -0.2) is 14.3 Å². The van der Waals surface area contributed by atoms with Gasteiger partial charge in [-0.05, 0) is 19.1 Å². The van der Waals surface area contributed by atoms with Gasteiger partial charge in [-0.15, -0.1) is 0 Å². The Hall–Kier alpha value is -2.30. The highest BCUT2D eigenvalue weighted by atomic mass is 16.5. The second kappa shape index (κ2) is 3.93. The molecule has 1 N–H and O–H groups in total. The quantitative estimate of drug-likeness (QED) is 0.856. The van der Waals surface area contributed by atoms with Crippen LogP contribution in [-0.2, 0) is 7.05 Å². The van der Waals surface area contributed by atoms with Gasteiger partial charge in [0.25, 0.3) is 0 Å². The van der Waals surface area contributed by atoms with Crippen molar-refractivity contribution in [3.05, 3.63) is 45.8 Å². The first kappa shape index (κ1) is 11.2. The predicted molar refractivity (Wildman–Crippen MR) is 61.1 cm³/mol. The average Bonchev–Trinajstić information content (AvgIpc) is 2.53. The van der Waals surface area contributed by atoms with Gasteiger partial charge in [-0.2, -0.15) is 0 Å². The number of nitrogens with zero attached hydrogens (tertiary/aromatic N) is 1. The lowest BCUT2D eigenvalue weighted by Gasteiger charge is -2.03. The smallest absolute Gasteiger partial charge is 0.361 e. The van der Waals surface area contributed by atoms with E-state index in [-0.39, 0.29) is 5.56 Å². The van der Waals surface area contributed by atoms with Gasteiger partial charge in [-0.1, -0.05) is 12.1 Å². The third-order valence-electron chi connectivity index (χ3n) is 2.58. The third kappa shape index (κ3) is 1.87. The number of hydrogen-bond acceptors (Lipinski definition) is 3. The first-order valence-corrected chi connectivity index (χ1v) is 5.01. The molecule has 0 saturated carbocycles. The number of aromatic nitrogens is 1. The molecule has 0 saturated heterocycles. The molecule has 0 aliphatic heterocycles. The molecule has 0 amide bonds. The van der Waals surface area contributed by atoms with E-state index in [0.717, 1.165) is 0 Å². The SMILES string of the molecule is Cc1c(-c2cccc(C(=O)O)c2)n(C)oc1=O. The van der Waals surface area contributed by atoms with Crippen LogP contribution in [0.25, 0.3) is 11.3 Å². The largest absolute Gasteiger partial charge is 0.478 e. The summed E-state index contributed by atoms with van der Waals surface area (Å²) in [5.74, 6) is -1.00. The number of benzene rings is 1. The average molecular weight is 233 g/mol. The molecule has 1 heterocycles. The molecule has 0 atom stereocenters. The minimum Gasteiger partial charge on any atom is -0.478 e. The van der Waals surface area contributed by atoms with Crippen molar-refractivity contribution in [3.63, 3.8) is 0 Å². The first-order valence-electron chi connectivity index (χ1n) is 5.01. The fourth-order valence-corrected chi connectivity index (χ4v) is 1.77. The summed E-state index contributed by atoms with van der Waals surface area (Å²) in [6, 6.07) is 6.39. The van der Waals surface area contributed by atoms with Crippen LogP contribution in [0.5, 0.6) is 0 Å². The lowest BCUT2D eigenvalue weighted by molar-refractivity contribution is 0.0697. The summed E-state index contributed by atoms with van der Waals surface area (Å²) in [5.41, 5.74) is 1.47. The maximum absolute atomic E-state index is 11.3. The Morgan fingerprint density at radius 2 is 2.12 bits per heavy atom. The minimum absolute atomic E-state index is 0.176. The Balaban J connectivity index is 2.64. The van der Waals surface area contributed by atoms with Crippen LogP contribution in [0.15, 0.2) is 33.6 Å². The molecule has 1 aromatic carbocycles. The van der Waals surface area contributed by atoms with Crippen LogP contribution in [0.1, 0.15) is 15.9 Å². The van der Waals surface area contributed by atoms with Gasteiger partial charge in [0, 0.05) is 12.6 Å². The molecular formula is C12H11NO4. The maximum Gasteiger partial charge on any atom is 0.361 e. The van der Waals surface area contributed by atoms with E-state index < -0.39 is 11.6 Å². The Bertz CT molecular complexity index is 636. The van der Waals surface area contributed by atoms with Gasteiger partial charge in [0.15, 0.2) is 0 Å². The van der Waals surface area contributed by atoms with Gasteiger partial charge in [0.05, 0.1) is 16.8 Å². The lowest BCUT2D eigenvalue weighted by atomic mass is 10.1. The number of aromatic carboxylic acids is 1. The zero-order chi connectivity index (χ0) is 12.6. The molecular weight excluding hydrogens is 222 g/mol. The molecule has 0 bridgehead atoms.